The highest BCUT2D eigenvalue weighted by atomic mass is 16.5. The summed E-state index contributed by atoms with van der Waals surface area (Å²) in [6, 6.07) is 9.78. The number of benzene rings is 1. The molecular formula is C19H28N2O3. The third-order valence-electron chi connectivity index (χ3n) is 4.71. The molecule has 132 valence electrons. The van der Waals surface area contributed by atoms with E-state index in [1.165, 1.54) is 7.11 Å². The second-order valence-corrected chi connectivity index (χ2v) is 6.53. The van der Waals surface area contributed by atoms with Crippen molar-refractivity contribution in [1.82, 2.24) is 10.2 Å². The molecule has 0 aromatic heterocycles. The molecule has 0 bridgehead atoms. The van der Waals surface area contributed by atoms with Gasteiger partial charge in [0.25, 0.3) is 0 Å². The number of hydrogen-bond donors (Lipinski definition) is 1. The van der Waals surface area contributed by atoms with E-state index >= 15 is 0 Å². The second kappa shape index (κ2) is 8.83. The number of piperidine rings is 1. The Morgan fingerprint density at radius 3 is 2.62 bits per heavy atom. The number of methoxy groups -OCH3 is 1. The van der Waals surface area contributed by atoms with Crippen LogP contribution in [-0.2, 0) is 20.9 Å². The summed E-state index contributed by atoms with van der Waals surface area (Å²) in [5, 5.41) is 3.36. The third-order valence-corrected chi connectivity index (χ3v) is 4.71. The van der Waals surface area contributed by atoms with E-state index in [0.717, 1.165) is 37.8 Å². The number of hydrogen-bond acceptors (Lipinski definition) is 4. The van der Waals surface area contributed by atoms with E-state index in [4.69, 9.17) is 4.74 Å². The molecule has 1 aliphatic rings. The summed E-state index contributed by atoms with van der Waals surface area (Å²) < 4.78 is 4.80. The molecule has 5 heteroatoms. The molecule has 24 heavy (non-hydrogen) atoms. The number of ether oxygens (including phenoxy) is 1. The van der Waals surface area contributed by atoms with Crippen LogP contribution in [0.5, 0.6) is 0 Å². The van der Waals surface area contributed by atoms with Gasteiger partial charge in [0, 0.05) is 13.1 Å². The summed E-state index contributed by atoms with van der Waals surface area (Å²) in [6.07, 6.45) is 3.65. The van der Waals surface area contributed by atoms with E-state index in [2.05, 4.69) is 12.2 Å². The first-order chi connectivity index (χ1) is 11.6. The first-order valence-electron chi connectivity index (χ1n) is 8.72. The van der Waals surface area contributed by atoms with Gasteiger partial charge in [-0.05, 0) is 31.4 Å². The molecule has 0 saturated carbocycles. The lowest BCUT2D eigenvalue weighted by Crippen LogP contribution is -2.52. The van der Waals surface area contributed by atoms with Gasteiger partial charge in [0.2, 0.25) is 5.91 Å². The summed E-state index contributed by atoms with van der Waals surface area (Å²) in [4.78, 5) is 26.8. The second-order valence-electron chi connectivity index (χ2n) is 6.53. The fraction of sp³-hybridized carbons (Fsp3) is 0.579. The fourth-order valence-electron chi connectivity index (χ4n) is 3.51. The Morgan fingerprint density at radius 2 is 2.04 bits per heavy atom. The van der Waals surface area contributed by atoms with Gasteiger partial charge in [-0.2, -0.15) is 0 Å². The van der Waals surface area contributed by atoms with Crippen molar-refractivity contribution < 1.29 is 14.3 Å². The van der Waals surface area contributed by atoms with Crippen molar-refractivity contribution in [2.24, 2.45) is 5.41 Å². The third kappa shape index (κ3) is 4.57. The van der Waals surface area contributed by atoms with E-state index in [-0.39, 0.29) is 18.4 Å². The van der Waals surface area contributed by atoms with Crippen molar-refractivity contribution in [2.45, 2.75) is 39.2 Å². The van der Waals surface area contributed by atoms with Crippen LogP contribution in [0.25, 0.3) is 0 Å². The van der Waals surface area contributed by atoms with Gasteiger partial charge in [-0.15, -0.1) is 0 Å². The Hall–Kier alpha value is -1.88. The number of amides is 1. The molecule has 0 radical (unpaired) electrons. The topological polar surface area (TPSA) is 58.6 Å². The van der Waals surface area contributed by atoms with Gasteiger partial charge < -0.3 is 15.0 Å². The largest absolute Gasteiger partial charge is 0.468 e. The molecule has 2 rings (SSSR count). The zero-order chi connectivity index (χ0) is 17.4. The average Bonchev–Trinajstić information content (AvgIpc) is 2.62. The van der Waals surface area contributed by atoms with Gasteiger partial charge in [-0.3, -0.25) is 9.59 Å². The maximum absolute atomic E-state index is 13.3. The zero-order valence-electron chi connectivity index (χ0n) is 14.7. The lowest BCUT2D eigenvalue weighted by molar-refractivity contribution is -0.153. The Kier molecular flexibility index (Phi) is 6.79. The zero-order valence-corrected chi connectivity index (χ0v) is 14.7. The lowest BCUT2D eigenvalue weighted by Gasteiger charge is -2.40. The van der Waals surface area contributed by atoms with Crippen LogP contribution in [0.15, 0.2) is 30.3 Å². The molecule has 1 aromatic carbocycles. The van der Waals surface area contributed by atoms with Crippen LogP contribution < -0.4 is 5.32 Å². The van der Waals surface area contributed by atoms with Crippen molar-refractivity contribution in [1.29, 1.82) is 0 Å². The van der Waals surface area contributed by atoms with Gasteiger partial charge in [0.05, 0.1) is 12.5 Å². The van der Waals surface area contributed by atoms with E-state index < -0.39 is 5.41 Å². The predicted molar refractivity (Wildman–Crippen MR) is 93.3 cm³/mol. The molecule has 1 N–H and O–H groups in total. The van der Waals surface area contributed by atoms with Crippen molar-refractivity contribution in [3.8, 4) is 0 Å². The van der Waals surface area contributed by atoms with E-state index in [1.54, 1.807) is 4.90 Å². The van der Waals surface area contributed by atoms with Gasteiger partial charge in [0.1, 0.15) is 6.54 Å². The van der Waals surface area contributed by atoms with Gasteiger partial charge in [0.15, 0.2) is 0 Å². The highest BCUT2D eigenvalue weighted by molar-refractivity contribution is 5.86. The van der Waals surface area contributed by atoms with Gasteiger partial charge >= 0.3 is 5.97 Å². The quantitative estimate of drug-likeness (QED) is 0.779. The number of carbonyl (C=O) groups excluding carboxylic acids is 2. The number of esters is 1. The Morgan fingerprint density at radius 1 is 1.29 bits per heavy atom. The Balaban J connectivity index is 2.22. The summed E-state index contributed by atoms with van der Waals surface area (Å²) in [6.45, 7) is 4.17. The van der Waals surface area contributed by atoms with Crippen LogP contribution in [0, 0.1) is 5.41 Å². The number of carbonyl (C=O) groups is 2. The van der Waals surface area contributed by atoms with Crippen LogP contribution in [0.3, 0.4) is 0 Å². The highest BCUT2D eigenvalue weighted by Gasteiger charge is 2.41. The number of nitrogens with zero attached hydrogens (tertiary/aromatic N) is 1. The molecule has 1 aliphatic heterocycles. The number of nitrogens with one attached hydrogen (secondary N) is 1. The molecule has 0 spiro atoms. The van der Waals surface area contributed by atoms with E-state index in [0.29, 0.717) is 13.1 Å². The molecule has 1 atom stereocenters. The standard InChI is InChI=1S/C19H28N2O3/c1-3-10-19(11-7-12-20-15-19)18(23)21(14-17(22)24-2)13-16-8-5-4-6-9-16/h4-6,8-9,20H,3,7,10-15H2,1-2H3. The van der Waals surface area contributed by atoms with Crippen molar-refractivity contribution >= 4 is 11.9 Å². The van der Waals surface area contributed by atoms with E-state index in [1.807, 2.05) is 30.3 Å². The smallest absolute Gasteiger partial charge is 0.325 e. The van der Waals surface area contributed by atoms with Crippen LogP contribution >= 0.6 is 0 Å². The molecular weight excluding hydrogens is 304 g/mol. The molecule has 1 heterocycles. The van der Waals surface area contributed by atoms with E-state index in [9.17, 15) is 9.59 Å². The minimum absolute atomic E-state index is 0.00427. The van der Waals surface area contributed by atoms with Crippen molar-refractivity contribution in [2.75, 3.05) is 26.7 Å². The minimum atomic E-state index is -0.407. The van der Waals surface area contributed by atoms with Crippen LogP contribution in [-0.4, -0.2) is 43.5 Å². The van der Waals surface area contributed by atoms with Crippen LogP contribution in [0.4, 0.5) is 0 Å². The molecule has 1 amide bonds. The summed E-state index contributed by atoms with van der Waals surface area (Å²) in [5.74, 6) is -0.319. The predicted octanol–water partition coefficient (Wildman–Crippen LogP) is 2.36. The van der Waals surface area contributed by atoms with Gasteiger partial charge in [-0.1, -0.05) is 43.7 Å². The summed E-state index contributed by atoms with van der Waals surface area (Å²) in [5.41, 5.74) is 0.612. The van der Waals surface area contributed by atoms with Crippen molar-refractivity contribution in [3.63, 3.8) is 0 Å². The first kappa shape index (κ1) is 18.5. The van der Waals surface area contributed by atoms with Crippen LogP contribution in [0.1, 0.15) is 38.2 Å². The molecule has 1 fully saturated rings. The first-order valence-corrected chi connectivity index (χ1v) is 8.72. The molecule has 1 aromatic rings. The van der Waals surface area contributed by atoms with Crippen LogP contribution in [0.2, 0.25) is 0 Å². The van der Waals surface area contributed by atoms with Gasteiger partial charge in [-0.25, -0.2) is 0 Å². The monoisotopic (exact) mass is 332 g/mol. The summed E-state index contributed by atoms with van der Waals surface area (Å²) >= 11 is 0. The van der Waals surface area contributed by atoms with Crippen molar-refractivity contribution in [3.05, 3.63) is 35.9 Å². The SMILES string of the molecule is CCCC1(C(=O)N(CC(=O)OC)Cc2ccccc2)CCCNC1. The molecule has 1 unspecified atom stereocenters. The fourth-order valence-corrected chi connectivity index (χ4v) is 3.51. The molecule has 1 saturated heterocycles. The maximum Gasteiger partial charge on any atom is 0.325 e. The Bertz CT molecular complexity index is 533. The lowest BCUT2D eigenvalue weighted by atomic mass is 9.75. The summed E-state index contributed by atoms with van der Waals surface area (Å²) in [7, 11) is 1.36. The maximum atomic E-state index is 13.3. The number of rotatable bonds is 7. The molecule has 0 aliphatic carbocycles. The average molecular weight is 332 g/mol. The molecule has 5 nitrogen and oxygen atoms in total. The highest BCUT2D eigenvalue weighted by Crippen LogP contribution is 2.34. The minimum Gasteiger partial charge on any atom is -0.468 e. The normalized spacial score (nSPS) is 20.4. The Labute approximate surface area is 144 Å².